The zero-order chi connectivity index (χ0) is 25.0. The van der Waals surface area contributed by atoms with Crippen molar-refractivity contribution in [3.8, 4) is 0 Å². The van der Waals surface area contributed by atoms with Crippen LogP contribution in [0.5, 0.6) is 0 Å². The van der Waals surface area contributed by atoms with Crippen molar-refractivity contribution in [2.75, 3.05) is 13.1 Å². The van der Waals surface area contributed by atoms with E-state index in [2.05, 4.69) is 15.0 Å². The average Bonchev–Trinajstić information content (AvgIpc) is 3.15. The third kappa shape index (κ3) is 5.69. The van der Waals surface area contributed by atoms with Crippen LogP contribution in [0.1, 0.15) is 59.9 Å². The molecule has 184 valence electrons. The summed E-state index contributed by atoms with van der Waals surface area (Å²) in [6.07, 6.45) is -0.639. The molecular formula is C25H32F3N5O. The van der Waals surface area contributed by atoms with Gasteiger partial charge in [0, 0.05) is 31.0 Å². The van der Waals surface area contributed by atoms with Crippen molar-refractivity contribution in [1.82, 2.24) is 14.5 Å². The molecule has 9 heteroatoms. The second-order valence-corrected chi connectivity index (χ2v) is 8.71. The van der Waals surface area contributed by atoms with E-state index in [9.17, 15) is 18.0 Å². The van der Waals surface area contributed by atoms with Gasteiger partial charge in [0.15, 0.2) is 0 Å². The maximum Gasteiger partial charge on any atom is 0.429 e. The molecule has 1 aliphatic heterocycles. The Morgan fingerprint density at radius 2 is 1.79 bits per heavy atom. The molecule has 0 bridgehead atoms. The maximum atomic E-state index is 13.3. The number of likely N-dealkylation sites (tertiary alicyclic amines) is 1. The van der Waals surface area contributed by atoms with Crippen molar-refractivity contribution < 1.29 is 13.2 Å². The highest BCUT2D eigenvalue weighted by atomic mass is 19.4. The number of alkyl halides is 3. The van der Waals surface area contributed by atoms with E-state index in [4.69, 9.17) is 0 Å². The van der Waals surface area contributed by atoms with Crippen molar-refractivity contribution in [2.45, 2.75) is 66.1 Å². The van der Waals surface area contributed by atoms with Crippen molar-refractivity contribution in [1.29, 1.82) is 0 Å². The summed E-state index contributed by atoms with van der Waals surface area (Å²) in [4.78, 5) is 25.8. The number of para-hydroxylation sites is 2. The molecule has 1 saturated heterocycles. The van der Waals surface area contributed by atoms with E-state index < -0.39 is 11.9 Å². The van der Waals surface area contributed by atoms with Crippen LogP contribution < -0.4 is 5.69 Å². The summed E-state index contributed by atoms with van der Waals surface area (Å²) < 4.78 is 41.6. The summed E-state index contributed by atoms with van der Waals surface area (Å²) >= 11 is 0. The molecule has 0 atom stereocenters. The highest BCUT2D eigenvalue weighted by Gasteiger charge is 2.33. The Morgan fingerprint density at radius 1 is 1.15 bits per heavy atom. The van der Waals surface area contributed by atoms with E-state index in [0.717, 1.165) is 30.0 Å². The standard InChI is InChI=1S/C25H32F3N5O/c1-6-16(2)15-29-17(3)23(30-19(5)25(26,27)28)18(4)32-13-11-20(12-14-32)33-22-10-8-7-9-21(22)31-24(33)34/h7-10,15,20H,6,11-14H2,1-5H3,(H,31,34)/b16-15+,23-18-,29-17+,30-19?. The van der Waals surface area contributed by atoms with Crippen molar-refractivity contribution >= 4 is 22.5 Å². The number of aromatic amines is 1. The second-order valence-electron chi connectivity index (χ2n) is 8.71. The van der Waals surface area contributed by atoms with E-state index in [1.807, 2.05) is 43.0 Å². The zero-order valence-corrected chi connectivity index (χ0v) is 20.3. The Balaban J connectivity index is 1.90. The Bertz CT molecular complexity index is 1210. The van der Waals surface area contributed by atoms with Crippen molar-refractivity contribution in [3.63, 3.8) is 0 Å². The first-order valence-electron chi connectivity index (χ1n) is 11.5. The predicted molar refractivity (Wildman–Crippen MR) is 131 cm³/mol. The molecule has 0 unspecified atom stereocenters. The number of fused-ring (bicyclic) bond motifs is 1. The summed E-state index contributed by atoms with van der Waals surface area (Å²) in [5, 5.41) is 0. The molecule has 0 spiro atoms. The minimum atomic E-state index is -4.51. The number of hydrogen-bond acceptors (Lipinski definition) is 4. The predicted octanol–water partition coefficient (Wildman–Crippen LogP) is 6.00. The summed E-state index contributed by atoms with van der Waals surface area (Å²) in [7, 11) is 0. The van der Waals surface area contributed by atoms with Gasteiger partial charge in [-0.1, -0.05) is 24.6 Å². The van der Waals surface area contributed by atoms with Gasteiger partial charge in [-0.05, 0) is 59.1 Å². The summed E-state index contributed by atoms with van der Waals surface area (Å²) in [6, 6.07) is 7.59. The molecule has 1 aromatic carbocycles. The fourth-order valence-electron chi connectivity index (χ4n) is 4.06. The molecule has 1 N–H and O–H groups in total. The summed E-state index contributed by atoms with van der Waals surface area (Å²) in [6.45, 7) is 9.57. The number of allylic oxidation sites excluding steroid dienone is 3. The first-order chi connectivity index (χ1) is 16.0. The Hall–Kier alpha value is -3.10. The summed E-state index contributed by atoms with van der Waals surface area (Å²) in [5.74, 6) is 0. The number of benzene rings is 1. The van der Waals surface area contributed by atoms with E-state index in [1.165, 1.54) is 0 Å². The van der Waals surface area contributed by atoms with Crippen molar-refractivity contribution in [2.24, 2.45) is 9.98 Å². The third-order valence-corrected chi connectivity index (χ3v) is 6.34. The molecule has 0 saturated carbocycles. The molecule has 2 heterocycles. The van der Waals surface area contributed by atoms with Gasteiger partial charge in [0.2, 0.25) is 0 Å². The second kappa shape index (κ2) is 10.4. The quantitative estimate of drug-likeness (QED) is 0.521. The molecule has 3 rings (SSSR count). The number of hydrogen-bond donors (Lipinski definition) is 1. The smallest absolute Gasteiger partial charge is 0.373 e. The number of H-pyrrole nitrogens is 1. The van der Waals surface area contributed by atoms with E-state index in [-0.39, 0.29) is 17.4 Å². The number of rotatable bonds is 6. The molecule has 1 aromatic heterocycles. The maximum absolute atomic E-state index is 13.3. The minimum Gasteiger partial charge on any atom is -0.373 e. The third-order valence-electron chi connectivity index (χ3n) is 6.34. The minimum absolute atomic E-state index is 0.0152. The van der Waals surface area contributed by atoms with E-state index in [1.54, 1.807) is 24.6 Å². The first-order valence-corrected chi connectivity index (χ1v) is 11.5. The van der Waals surface area contributed by atoms with E-state index in [0.29, 0.717) is 37.3 Å². The normalized spacial score (nSPS) is 18.0. The number of piperidine rings is 1. The Labute approximate surface area is 197 Å². The van der Waals surface area contributed by atoms with Gasteiger partial charge in [0.05, 0.1) is 16.7 Å². The van der Waals surface area contributed by atoms with Crippen LogP contribution in [0.15, 0.2) is 62.2 Å². The molecular weight excluding hydrogens is 443 g/mol. The number of nitrogens with one attached hydrogen (secondary N) is 1. The number of aromatic nitrogens is 2. The van der Waals surface area contributed by atoms with Gasteiger partial charge in [0.1, 0.15) is 11.4 Å². The SMILES string of the molecule is CC/C(C)=C/N=C(C)/C(N=C(C)C(F)(F)F)=C(\C)N1CCC(n2c(=O)[nH]c3ccccc32)CC1. The number of nitrogens with zero attached hydrogens (tertiary/aromatic N) is 4. The van der Waals surface area contributed by atoms with Crippen LogP contribution in [0, 0.1) is 0 Å². The molecule has 34 heavy (non-hydrogen) atoms. The number of imidazole rings is 1. The van der Waals surface area contributed by atoms with Crippen LogP contribution >= 0.6 is 0 Å². The van der Waals surface area contributed by atoms with E-state index >= 15 is 0 Å². The van der Waals surface area contributed by atoms with Gasteiger partial charge in [-0.3, -0.25) is 9.56 Å². The first kappa shape index (κ1) is 25.5. The zero-order valence-electron chi connectivity index (χ0n) is 20.3. The Morgan fingerprint density at radius 3 is 2.41 bits per heavy atom. The van der Waals surface area contributed by atoms with Crippen LogP contribution in [0.3, 0.4) is 0 Å². The number of halogens is 3. The van der Waals surface area contributed by atoms with Gasteiger partial charge < -0.3 is 9.88 Å². The monoisotopic (exact) mass is 475 g/mol. The lowest BCUT2D eigenvalue weighted by Gasteiger charge is -2.35. The largest absolute Gasteiger partial charge is 0.429 e. The van der Waals surface area contributed by atoms with Crippen LogP contribution in [0.25, 0.3) is 11.0 Å². The van der Waals surface area contributed by atoms with Gasteiger partial charge in [-0.2, -0.15) is 13.2 Å². The highest BCUT2D eigenvalue weighted by Crippen LogP contribution is 2.28. The fourth-order valence-corrected chi connectivity index (χ4v) is 4.06. The molecule has 0 aliphatic carbocycles. The molecule has 0 amide bonds. The van der Waals surface area contributed by atoms with Gasteiger partial charge in [-0.25, -0.2) is 9.79 Å². The van der Waals surface area contributed by atoms with Crippen LogP contribution in [-0.2, 0) is 0 Å². The lowest BCUT2D eigenvalue weighted by atomic mass is 10.0. The molecule has 2 aromatic rings. The average molecular weight is 476 g/mol. The lowest BCUT2D eigenvalue weighted by molar-refractivity contribution is -0.0592. The van der Waals surface area contributed by atoms with Gasteiger partial charge in [-0.15, -0.1) is 0 Å². The van der Waals surface area contributed by atoms with Gasteiger partial charge >= 0.3 is 11.9 Å². The molecule has 6 nitrogen and oxygen atoms in total. The van der Waals surface area contributed by atoms with Crippen LogP contribution in [0.4, 0.5) is 13.2 Å². The summed E-state index contributed by atoms with van der Waals surface area (Å²) in [5.41, 5.74) is 2.96. The van der Waals surface area contributed by atoms with Crippen LogP contribution in [0.2, 0.25) is 0 Å². The van der Waals surface area contributed by atoms with Crippen LogP contribution in [-0.4, -0.2) is 45.1 Å². The molecule has 1 aliphatic rings. The topological polar surface area (TPSA) is 65.8 Å². The molecule has 0 radical (unpaired) electrons. The molecule has 1 fully saturated rings. The Kier molecular flexibility index (Phi) is 7.84. The van der Waals surface area contributed by atoms with Gasteiger partial charge in [0.25, 0.3) is 0 Å². The fraction of sp³-hybridized carbons (Fsp3) is 0.480. The highest BCUT2D eigenvalue weighted by molar-refractivity contribution is 6.02. The number of aliphatic imine (C=N–C) groups is 2. The van der Waals surface area contributed by atoms with Crippen molar-refractivity contribution in [3.05, 3.63) is 57.9 Å². The lowest BCUT2D eigenvalue weighted by Crippen LogP contribution is -2.36.